The highest BCUT2D eigenvalue weighted by atomic mass is 32.2. The largest absolute Gasteiger partial charge is 0.478 e. The molecule has 1 saturated heterocycles. The number of allylic oxidation sites excluding steroid dienone is 1. The van der Waals surface area contributed by atoms with E-state index in [0.717, 1.165) is 23.4 Å². The number of amides is 1. The van der Waals surface area contributed by atoms with E-state index >= 15 is 0 Å². The van der Waals surface area contributed by atoms with Gasteiger partial charge in [0.05, 0.1) is 28.2 Å². The van der Waals surface area contributed by atoms with Gasteiger partial charge in [-0.1, -0.05) is 42.5 Å². The van der Waals surface area contributed by atoms with Gasteiger partial charge in [-0.15, -0.1) is 0 Å². The van der Waals surface area contributed by atoms with Crippen molar-refractivity contribution in [3.63, 3.8) is 0 Å². The van der Waals surface area contributed by atoms with E-state index in [1.165, 1.54) is 28.6 Å². The van der Waals surface area contributed by atoms with Crippen molar-refractivity contribution >= 4 is 51.8 Å². The number of hydrogen-bond donors (Lipinski definition) is 1. The van der Waals surface area contributed by atoms with Crippen molar-refractivity contribution in [3.05, 3.63) is 106 Å². The topological polar surface area (TPSA) is 73.2 Å². The van der Waals surface area contributed by atoms with Crippen LogP contribution >= 0.6 is 11.8 Å². The number of nitrogens with zero attached hydrogens (tertiary/aromatic N) is 3. The third kappa shape index (κ3) is 5.40. The maximum Gasteiger partial charge on any atom is 0.335 e. The molecule has 198 valence electrons. The van der Waals surface area contributed by atoms with E-state index in [9.17, 15) is 14.7 Å². The smallest absolute Gasteiger partial charge is 0.335 e. The Morgan fingerprint density at radius 1 is 1.05 bits per heavy atom. The molecule has 0 radical (unpaired) electrons. The molecule has 7 heteroatoms. The maximum atomic E-state index is 13.7. The Morgan fingerprint density at radius 2 is 1.77 bits per heavy atom. The summed E-state index contributed by atoms with van der Waals surface area (Å²) in [6, 6.07) is 22.5. The van der Waals surface area contributed by atoms with Crippen LogP contribution in [-0.2, 0) is 11.3 Å². The van der Waals surface area contributed by atoms with Crippen LogP contribution in [0.25, 0.3) is 11.6 Å². The number of carboxylic acids is 1. The average Bonchev–Trinajstić information content (AvgIpc) is 3.18. The Kier molecular flexibility index (Phi) is 7.19. The van der Waals surface area contributed by atoms with Crippen molar-refractivity contribution in [2.24, 2.45) is 4.99 Å². The fraction of sp³-hybridized carbons (Fsp3) is 0.219. The number of thioether (sulfide) groups is 1. The fourth-order valence-electron chi connectivity index (χ4n) is 5.20. The quantitative estimate of drug-likeness (QED) is 0.336. The lowest BCUT2D eigenvalue weighted by molar-refractivity contribution is -0.122. The van der Waals surface area contributed by atoms with Crippen LogP contribution < -0.4 is 4.90 Å². The van der Waals surface area contributed by atoms with Crippen molar-refractivity contribution in [2.75, 3.05) is 11.4 Å². The van der Waals surface area contributed by atoms with E-state index in [2.05, 4.69) is 56.9 Å². The number of anilines is 1. The predicted molar refractivity (Wildman–Crippen MR) is 160 cm³/mol. The van der Waals surface area contributed by atoms with Gasteiger partial charge in [0.15, 0.2) is 5.17 Å². The van der Waals surface area contributed by atoms with Crippen molar-refractivity contribution in [1.29, 1.82) is 0 Å². The highest BCUT2D eigenvalue weighted by Crippen LogP contribution is 2.40. The number of para-hydroxylation sites is 1. The lowest BCUT2D eigenvalue weighted by Gasteiger charge is -2.42. The molecule has 1 fully saturated rings. The second-order valence-corrected chi connectivity index (χ2v) is 11.2. The zero-order valence-electron chi connectivity index (χ0n) is 22.5. The van der Waals surface area contributed by atoms with Gasteiger partial charge in [-0.3, -0.25) is 9.69 Å². The third-order valence-electron chi connectivity index (χ3n) is 7.03. The Balaban J connectivity index is 1.49. The molecule has 0 spiro atoms. The minimum atomic E-state index is -0.980. The second-order valence-electron chi connectivity index (χ2n) is 10.2. The minimum absolute atomic E-state index is 0.0605. The minimum Gasteiger partial charge on any atom is -0.478 e. The van der Waals surface area contributed by atoms with Crippen molar-refractivity contribution < 1.29 is 14.7 Å². The number of hydrogen-bond acceptors (Lipinski definition) is 5. The van der Waals surface area contributed by atoms with Gasteiger partial charge >= 0.3 is 5.97 Å². The summed E-state index contributed by atoms with van der Waals surface area (Å²) < 4.78 is 0. The molecule has 1 N–H and O–H groups in total. The van der Waals surface area contributed by atoms with Gasteiger partial charge in [0.25, 0.3) is 5.91 Å². The van der Waals surface area contributed by atoms with E-state index in [1.807, 2.05) is 36.4 Å². The van der Waals surface area contributed by atoms with Crippen LogP contribution in [0.3, 0.4) is 0 Å². The van der Waals surface area contributed by atoms with Crippen molar-refractivity contribution in [3.8, 4) is 0 Å². The molecule has 3 aromatic carbocycles. The van der Waals surface area contributed by atoms with Gasteiger partial charge in [-0.05, 0) is 98.6 Å². The molecule has 2 aliphatic rings. The van der Waals surface area contributed by atoms with Gasteiger partial charge in [0, 0.05) is 17.8 Å². The Labute approximate surface area is 233 Å². The van der Waals surface area contributed by atoms with Crippen LogP contribution in [0, 0.1) is 0 Å². The molecule has 3 aromatic rings. The first-order valence-corrected chi connectivity index (χ1v) is 13.8. The monoisotopic (exact) mass is 537 g/mol. The summed E-state index contributed by atoms with van der Waals surface area (Å²) >= 11 is 1.36. The lowest BCUT2D eigenvalue weighted by Crippen LogP contribution is -2.44. The molecule has 6 nitrogen and oxygen atoms in total. The summed E-state index contributed by atoms with van der Waals surface area (Å²) in [5, 5.41) is 9.82. The molecule has 2 aliphatic heterocycles. The molecule has 1 amide bonds. The summed E-state index contributed by atoms with van der Waals surface area (Å²) in [6.07, 6.45) is 4.23. The Hall–Kier alpha value is -4.10. The molecule has 2 heterocycles. The van der Waals surface area contributed by atoms with Gasteiger partial charge in [-0.25, -0.2) is 9.79 Å². The number of aromatic carboxylic acids is 1. The number of carbonyl (C=O) groups is 2. The number of carboxylic acid groups (broad SMARTS) is 1. The highest BCUT2D eigenvalue weighted by Gasteiger charge is 2.34. The molecule has 0 aliphatic carbocycles. The van der Waals surface area contributed by atoms with Gasteiger partial charge in [0.1, 0.15) is 0 Å². The number of aliphatic imine (C=N–C) groups is 1. The number of fused-ring (bicyclic) bond motifs is 1. The first-order chi connectivity index (χ1) is 18.7. The van der Waals surface area contributed by atoms with Crippen LogP contribution in [0.1, 0.15) is 54.7 Å². The second kappa shape index (κ2) is 10.6. The molecule has 39 heavy (non-hydrogen) atoms. The van der Waals surface area contributed by atoms with Crippen LogP contribution in [0.5, 0.6) is 0 Å². The van der Waals surface area contributed by atoms with Crippen LogP contribution in [0.4, 0.5) is 11.4 Å². The molecule has 0 bridgehead atoms. The predicted octanol–water partition coefficient (Wildman–Crippen LogP) is 7.21. The zero-order valence-corrected chi connectivity index (χ0v) is 23.3. The van der Waals surface area contributed by atoms with Crippen LogP contribution in [-0.4, -0.2) is 39.1 Å². The Bertz CT molecular complexity index is 1520. The molecule has 0 saturated carbocycles. The van der Waals surface area contributed by atoms with Crippen molar-refractivity contribution in [2.45, 2.75) is 39.8 Å². The number of likely N-dealkylation sites (N-methyl/N-ethyl adjacent to an activating group) is 1. The fourth-order valence-corrected chi connectivity index (χ4v) is 6.20. The summed E-state index contributed by atoms with van der Waals surface area (Å²) in [5.41, 5.74) is 6.30. The average molecular weight is 538 g/mol. The molecule has 5 rings (SSSR count). The number of rotatable bonds is 6. The SMILES string of the molecule is CCN1c2ccc(/C=C3/SC(=Nc4ccccc4)N(Cc4ccc(C(=O)O)cc4)C3=O)cc2C(C)=CC1(C)C. The molecule has 0 atom stereocenters. The first-order valence-electron chi connectivity index (χ1n) is 12.9. The van der Waals surface area contributed by atoms with Crippen LogP contribution in [0.15, 0.2) is 88.8 Å². The highest BCUT2D eigenvalue weighted by molar-refractivity contribution is 8.18. The lowest BCUT2D eigenvalue weighted by atomic mass is 9.88. The first kappa shape index (κ1) is 26.5. The van der Waals surface area contributed by atoms with Gasteiger partial charge < -0.3 is 10.0 Å². The van der Waals surface area contributed by atoms with E-state index in [-0.39, 0.29) is 17.0 Å². The summed E-state index contributed by atoms with van der Waals surface area (Å²) in [5.74, 6) is -1.11. The number of carbonyl (C=O) groups excluding carboxylic acids is 1. The van der Waals surface area contributed by atoms with E-state index < -0.39 is 5.97 Å². The van der Waals surface area contributed by atoms with E-state index in [0.29, 0.717) is 16.6 Å². The number of amidine groups is 1. The van der Waals surface area contributed by atoms with E-state index in [1.54, 1.807) is 29.2 Å². The third-order valence-corrected chi connectivity index (χ3v) is 8.03. The van der Waals surface area contributed by atoms with Crippen molar-refractivity contribution in [1.82, 2.24) is 4.90 Å². The maximum absolute atomic E-state index is 13.7. The zero-order chi connectivity index (χ0) is 27.7. The molecular formula is C32H31N3O3S. The standard InChI is InChI=1S/C32H31N3O3S/c1-5-35-27-16-13-23(17-26(27)21(2)19-32(35,3)4)18-28-29(36)34(20-22-11-14-24(15-12-22)30(37)38)31(39-28)33-25-9-7-6-8-10-25/h6-19H,5,20H2,1-4H3,(H,37,38)/b28-18+,33-31?. The summed E-state index contributed by atoms with van der Waals surface area (Å²) in [6.45, 7) is 9.96. The normalized spacial score (nSPS) is 18.5. The van der Waals surface area contributed by atoms with Gasteiger partial charge in [0.2, 0.25) is 0 Å². The summed E-state index contributed by atoms with van der Waals surface area (Å²) in [7, 11) is 0. The summed E-state index contributed by atoms with van der Waals surface area (Å²) in [4.78, 5) is 34.3. The molecule has 0 aromatic heterocycles. The molecule has 0 unspecified atom stereocenters. The molecular weight excluding hydrogens is 506 g/mol. The number of benzene rings is 3. The Morgan fingerprint density at radius 3 is 2.44 bits per heavy atom. The van der Waals surface area contributed by atoms with Gasteiger partial charge in [-0.2, -0.15) is 0 Å². The van der Waals surface area contributed by atoms with E-state index in [4.69, 9.17) is 4.99 Å². The van der Waals surface area contributed by atoms with Crippen LogP contribution in [0.2, 0.25) is 0 Å².